The summed E-state index contributed by atoms with van der Waals surface area (Å²) in [6.07, 6.45) is 3.25. The first-order chi connectivity index (χ1) is 8.63. The van der Waals surface area contributed by atoms with E-state index in [4.69, 9.17) is 4.74 Å². The molecule has 0 amide bonds. The highest BCUT2D eigenvalue weighted by molar-refractivity contribution is 7.99. The molecule has 1 unspecified atom stereocenters. The molecule has 1 aromatic rings. The van der Waals surface area contributed by atoms with E-state index in [0.717, 1.165) is 40.5 Å². The Kier molecular flexibility index (Phi) is 4.27. The largest absolute Gasteiger partial charge is 0.496 e. The van der Waals surface area contributed by atoms with Crippen molar-refractivity contribution >= 4 is 17.5 Å². The number of rotatable bonds is 4. The average Bonchev–Trinajstić information content (AvgIpc) is 2.87. The van der Waals surface area contributed by atoms with Crippen molar-refractivity contribution < 1.29 is 9.53 Å². The average molecular weight is 265 g/mol. The number of ether oxygens (including phenoxy) is 1. The van der Waals surface area contributed by atoms with Crippen LogP contribution in [0.4, 0.5) is 0 Å². The maximum absolute atomic E-state index is 12.2. The fourth-order valence-corrected chi connectivity index (χ4v) is 3.60. The zero-order valence-electron chi connectivity index (χ0n) is 11.2. The van der Waals surface area contributed by atoms with Crippen molar-refractivity contribution in [3.05, 3.63) is 23.0 Å². The predicted octanol–water partition coefficient (Wildman–Crippen LogP) is 2.57. The van der Waals surface area contributed by atoms with Gasteiger partial charge in [0.2, 0.25) is 0 Å². The molecular formula is C14H19NO2S. The van der Waals surface area contributed by atoms with Gasteiger partial charge in [0.05, 0.1) is 12.8 Å². The van der Waals surface area contributed by atoms with E-state index >= 15 is 0 Å². The highest BCUT2D eigenvalue weighted by Gasteiger charge is 2.24. The first kappa shape index (κ1) is 13.4. The molecule has 1 fully saturated rings. The van der Waals surface area contributed by atoms with Gasteiger partial charge in [-0.05, 0) is 26.0 Å². The number of aromatic nitrogens is 1. The summed E-state index contributed by atoms with van der Waals surface area (Å²) in [5, 5.41) is 0. The van der Waals surface area contributed by atoms with Crippen LogP contribution in [0, 0.1) is 19.8 Å². The number of thioether (sulfide) groups is 1. The number of methoxy groups -OCH3 is 1. The van der Waals surface area contributed by atoms with Crippen molar-refractivity contribution in [1.29, 1.82) is 0 Å². The summed E-state index contributed by atoms with van der Waals surface area (Å²) in [7, 11) is 1.66. The van der Waals surface area contributed by atoms with E-state index in [9.17, 15) is 4.79 Å². The Morgan fingerprint density at radius 1 is 1.56 bits per heavy atom. The van der Waals surface area contributed by atoms with Crippen molar-refractivity contribution in [2.45, 2.75) is 26.7 Å². The second kappa shape index (κ2) is 5.74. The smallest absolute Gasteiger partial charge is 0.142 e. The SMILES string of the molecule is COc1c(C)cnc(CC(=O)C2CCSC2)c1C. The molecule has 2 heterocycles. The summed E-state index contributed by atoms with van der Waals surface area (Å²) < 4.78 is 5.37. The molecule has 3 nitrogen and oxygen atoms in total. The first-order valence-corrected chi connectivity index (χ1v) is 7.38. The number of hydrogen-bond donors (Lipinski definition) is 0. The predicted molar refractivity (Wildman–Crippen MR) is 74.4 cm³/mol. The fourth-order valence-electron chi connectivity index (χ4n) is 2.35. The molecular weight excluding hydrogens is 246 g/mol. The summed E-state index contributed by atoms with van der Waals surface area (Å²) in [5.41, 5.74) is 2.87. The molecule has 18 heavy (non-hydrogen) atoms. The number of carbonyl (C=O) groups excluding carboxylic acids is 1. The Balaban J connectivity index is 2.16. The van der Waals surface area contributed by atoms with E-state index < -0.39 is 0 Å². The van der Waals surface area contributed by atoms with Crippen LogP contribution >= 0.6 is 11.8 Å². The summed E-state index contributed by atoms with van der Waals surface area (Å²) in [6, 6.07) is 0. The minimum absolute atomic E-state index is 0.225. The quantitative estimate of drug-likeness (QED) is 0.839. The molecule has 1 saturated heterocycles. The molecule has 1 aliphatic rings. The number of nitrogens with zero attached hydrogens (tertiary/aromatic N) is 1. The molecule has 4 heteroatoms. The van der Waals surface area contributed by atoms with Crippen LogP contribution in [0.25, 0.3) is 0 Å². The molecule has 98 valence electrons. The lowest BCUT2D eigenvalue weighted by Gasteiger charge is -2.13. The summed E-state index contributed by atoms with van der Waals surface area (Å²) in [6.45, 7) is 3.95. The summed E-state index contributed by atoms with van der Waals surface area (Å²) >= 11 is 1.87. The highest BCUT2D eigenvalue weighted by atomic mass is 32.2. The maximum atomic E-state index is 12.2. The van der Waals surface area contributed by atoms with Crippen LogP contribution < -0.4 is 4.74 Å². The van der Waals surface area contributed by atoms with Gasteiger partial charge in [-0.25, -0.2) is 0 Å². The number of ketones is 1. The minimum Gasteiger partial charge on any atom is -0.496 e. The third kappa shape index (κ3) is 2.69. The van der Waals surface area contributed by atoms with Gasteiger partial charge < -0.3 is 4.74 Å². The van der Waals surface area contributed by atoms with Crippen molar-refractivity contribution in [3.63, 3.8) is 0 Å². The van der Waals surface area contributed by atoms with Gasteiger partial charge in [-0.3, -0.25) is 9.78 Å². The Morgan fingerprint density at radius 3 is 2.94 bits per heavy atom. The van der Waals surface area contributed by atoms with Crippen molar-refractivity contribution in [3.8, 4) is 5.75 Å². The number of pyridine rings is 1. The van der Waals surface area contributed by atoms with Crippen LogP contribution in [0.3, 0.4) is 0 Å². The topological polar surface area (TPSA) is 39.2 Å². The van der Waals surface area contributed by atoms with Gasteiger partial charge in [0, 0.05) is 35.4 Å². The van der Waals surface area contributed by atoms with E-state index in [1.54, 1.807) is 13.3 Å². The third-order valence-corrected chi connectivity index (χ3v) is 4.64. The van der Waals surface area contributed by atoms with E-state index in [-0.39, 0.29) is 5.92 Å². The van der Waals surface area contributed by atoms with E-state index in [1.807, 2.05) is 25.6 Å². The van der Waals surface area contributed by atoms with Gasteiger partial charge in [-0.2, -0.15) is 11.8 Å². The molecule has 0 spiro atoms. The molecule has 0 aliphatic carbocycles. The van der Waals surface area contributed by atoms with Crippen molar-refractivity contribution in [1.82, 2.24) is 4.98 Å². The van der Waals surface area contributed by atoms with Gasteiger partial charge in [0.25, 0.3) is 0 Å². The van der Waals surface area contributed by atoms with E-state index in [0.29, 0.717) is 12.2 Å². The van der Waals surface area contributed by atoms with Crippen LogP contribution in [0.2, 0.25) is 0 Å². The van der Waals surface area contributed by atoms with Crippen LogP contribution in [0.15, 0.2) is 6.20 Å². The number of aryl methyl sites for hydroxylation is 1. The van der Waals surface area contributed by atoms with Gasteiger partial charge >= 0.3 is 0 Å². The second-order valence-electron chi connectivity index (χ2n) is 4.75. The molecule has 1 aliphatic heterocycles. The van der Waals surface area contributed by atoms with Gasteiger partial charge in [-0.1, -0.05) is 0 Å². The zero-order valence-corrected chi connectivity index (χ0v) is 12.0. The first-order valence-electron chi connectivity index (χ1n) is 6.23. The monoisotopic (exact) mass is 265 g/mol. The zero-order chi connectivity index (χ0) is 13.1. The number of carbonyl (C=O) groups is 1. The second-order valence-corrected chi connectivity index (χ2v) is 5.90. The van der Waals surface area contributed by atoms with Crippen LogP contribution in [0.1, 0.15) is 23.2 Å². The fraction of sp³-hybridized carbons (Fsp3) is 0.571. The van der Waals surface area contributed by atoms with Crippen LogP contribution in [-0.2, 0) is 11.2 Å². The maximum Gasteiger partial charge on any atom is 0.142 e. The van der Waals surface area contributed by atoms with Crippen LogP contribution in [0.5, 0.6) is 5.75 Å². The lowest BCUT2D eigenvalue weighted by molar-refractivity contribution is -0.121. The normalized spacial score (nSPS) is 18.9. The highest BCUT2D eigenvalue weighted by Crippen LogP contribution is 2.28. The van der Waals surface area contributed by atoms with Crippen molar-refractivity contribution in [2.24, 2.45) is 5.92 Å². The van der Waals surface area contributed by atoms with Gasteiger partial charge in [-0.15, -0.1) is 0 Å². The van der Waals surface area contributed by atoms with E-state index in [2.05, 4.69) is 4.98 Å². The van der Waals surface area contributed by atoms with Gasteiger partial charge in [0.1, 0.15) is 11.5 Å². The molecule has 1 aromatic heterocycles. The standard InChI is InChI=1S/C14H19NO2S/c1-9-7-15-12(10(2)14(9)17-3)6-13(16)11-4-5-18-8-11/h7,11H,4-6,8H2,1-3H3. The Hall–Kier alpha value is -1.03. The molecule has 1 atom stereocenters. The Labute approximate surface area is 112 Å². The molecule has 0 bridgehead atoms. The van der Waals surface area contributed by atoms with Gasteiger partial charge in [0.15, 0.2) is 0 Å². The lowest BCUT2D eigenvalue weighted by atomic mass is 9.97. The molecule has 2 rings (SSSR count). The lowest BCUT2D eigenvalue weighted by Crippen LogP contribution is -2.17. The van der Waals surface area contributed by atoms with E-state index in [1.165, 1.54) is 0 Å². The molecule has 0 saturated carbocycles. The number of hydrogen-bond acceptors (Lipinski definition) is 4. The summed E-state index contributed by atoms with van der Waals surface area (Å²) in [5.74, 6) is 3.49. The molecule has 0 N–H and O–H groups in total. The summed E-state index contributed by atoms with van der Waals surface area (Å²) in [4.78, 5) is 16.5. The van der Waals surface area contributed by atoms with Crippen LogP contribution in [-0.4, -0.2) is 29.4 Å². The Bertz CT molecular complexity index is 453. The Morgan fingerprint density at radius 2 is 2.33 bits per heavy atom. The number of Topliss-reactive ketones (excluding diaryl/α,β-unsaturated/α-hetero) is 1. The molecule has 0 aromatic carbocycles. The van der Waals surface area contributed by atoms with Crippen molar-refractivity contribution in [2.75, 3.05) is 18.6 Å². The minimum atomic E-state index is 0.225. The third-order valence-electron chi connectivity index (χ3n) is 3.48. The molecule has 0 radical (unpaired) electrons.